The first-order chi connectivity index (χ1) is 10.1. The van der Waals surface area contributed by atoms with Gasteiger partial charge in [0.05, 0.1) is 13.2 Å². The molecule has 1 aliphatic heterocycles. The molecule has 1 heterocycles. The number of nitrogens with one attached hydrogen (secondary N) is 1. The van der Waals surface area contributed by atoms with Gasteiger partial charge in [-0.2, -0.15) is 0 Å². The topological polar surface area (TPSA) is 44.7 Å². The lowest BCUT2D eigenvalue weighted by molar-refractivity contribution is 0.0339. The number of rotatable bonds is 7. The van der Waals surface area contributed by atoms with Gasteiger partial charge in [-0.25, -0.2) is 0 Å². The van der Waals surface area contributed by atoms with Gasteiger partial charge in [-0.1, -0.05) is 12.1 Å². The molecule has 1 saturated heterocycles. The molecule has 0 radical (unpaired) electrons. The summed E-state index contributed by atoms with van der Waals surface area (Å²) in [6, 6.07) is 8.51. The molecule has 0 amide bonds. The fraction of sp³-hybridized carbons (Fsp3) is 0.647. The molecule has 4 nitrogen and oxygen atoms in total. The highest BCUT2D eigenvalue weighted by Gasteiger charge is 2.14. The highest BCUT2D eigenvalue weighted by atomic mass is 16.5. The highest BCUT2D eigenvalue weighted by molar-refractivity contribution is 5.25. The molecule has 4 heteroatoms. The van der Waals surface area contributed by atoms with Crippen molar-refractivity contribution in [3.05, 3.63) is 29.8 Å². The summed E-state index contributed by atoms with van der Waals surface area (Å²) in [5, 5.41) is 13.0. The summed E-state index contributed by atoms with van der Waals surface area (Å²) in [5.41, 5.74) is 1.28. The van der Waals surface area contributed by atoms with Gasteiger partial charge < -0.3 is 15.2 Å². The quantitative estimate of drug-likeness (QED) is 0.807. The molecular formula is C17H28N2O2. The third-order valence-corrected chi connectivity index (χ3v) is 4.01. The van der Waals surface area contributed by atoms with Crippen LogP contribution in [0.1, 0.15) is 25.8 Å². The van der Waals surface area contributed by atoms with Crippen molar-refractivity contribution in [3.8, 4) is 5.75 Å². The second-order valence-electron chi connectivity index (χ2n) is 6.09. The minimum absolute atomic E-state index is 0.337. The third-order valence-electron chi connectivity index (χ3n) is 4.01. The van der Waals surface area contributed by atoms with Gasteiger partial charge in [-0.05, 0) is 44.4 Å². The number of nitrogens with zero attached hydrogens (tertiary/aromatic N) is 1. The molecule has 0 aliphatic carbocycles. The molecule has 2 unspecified atom stereocenters. The predicted octanol–water partition coefficient (Wildman–Crippen LogP) is 2.02. The Bertz CT molecular complexity index is 402. The van der Waals surface area contributed by atoms with Crippen LogP contribution in [0.5, 0.6) is 5.75 Å². The largest absolute Gasteiger partial charge is 0.508 e. The van der Waals surface area contributed by atoms with Crippen molar-refractivity contribution in [2.45, 2.75) is 38.8 Å². The van der Waals surface area contributed by atoms with Crippen LogP contribution in [0.2, 0.25) is 0 Å². The van der Waals surface area contributed by atoms with Crippen LogP contribution in [0.4, 0.5) is 0 Å². The molecule has 0 bridgehead atoms. The van der Waals surface area contributed by atoms with E-state index >= 15 is 0 Å². The molecule has 118 valence electrons. The Labute approximate surface area is 128 Å². The van der Waals surface area contributed by atoms with E-state index in [0.717, 1.165) is 45.7 Å². The first-order valence-corrected chi connectivity index (χ1v) is 7.97. The third kappa shape index (κ3) is 6.04. The van der Waals surface area contributed by atoms with Gasteiger partial charge in [0.1, 0.15) is 5.75 Å². The molecule has 21 heavy (non-hydrogen) atoms. The van der Waals surface area contributed by atoms with Crippen LogP contribution in [0.3, 0.4) is 0 Å². The maximum absolute atomic E-state index is 9.28. The van der Waals surface area contributed by atoms with Gasteiger partial charge in [0, 0.05) is 31.7 Å². The average Bonchev–Trinajstić information content (AvgIpc) is 2.47. The fourth-order valence-corrected chi connectivity index (χ4v) is 2.84. The zero-order valence-electron chi connectivity index (χ0n) is 13.2. The van der Waals surface area contributed by atoms with Crippen LogP contribution in [-0.4, -0.2) is 54.9 Å². The van der Waals surface area contributed by atoms with Crippen LogP contribution < -0.4 is 5.32 Å². The number of phenolic OH excluding ortho intramolecular Hbond substituents is 1. The lowest BCUT2D eigenvalue weighted by Gasteiger charge is -2.30. The number of aromatic hydroxyl groups is 1. The minimum atomic E-state index is 0.337. The lowest BCUT2D eigenvalue weighted by atomic mass is 10.1. The molecule has 0 spiro atoms. The summed E-state index contributed by atoms with van der Waals surface area (Å²) in [6.45, 7) is 9.42. The van der Waals surface area contributed by atoms with Gasteiger partial charge in [0.25, 0.3) is 0 Å². The lowest BCUT2D eigenvalue weighted by Crippen LogP contribution is -2.46. The standard InChI is InChI=1S/C17H28N2O2/c1-14(3-4-16-5-7-17(20)8-6-16)18-15(2)13-19-9-11-21-12-10-19/h5-8,14-15,18,20H,3-4,9-13H2,1-2H3. The van der Waals surface area contributed by atoms with E-state index in [9.17, 15) is 5.11 Å². The van der Waals surface area contributed by atoms with E-state index in [-0.39, 0.29) is 0 Å². The summed E-state index contributed by atoms with van der Waals surface area (Å²) in [7, 11) is 0. The Morgan fingerprint density at radius 1 is 1.14 bits per heavy atom. The monoisotopic (exact) mass is 292 g/mol. The molecule has 2 atom stereocenters. The Balaban J connectivity index is 1.65. The van der Waals surface area contributed by atoms with E-state index in [0.29, 0.717) is 17.8 Å². The van der Waals surface area contributed by atoms with Crippen LogP contribution >= 0.6 is 0 Å². The molecule has 1 aromatic carbocycles. The van der Waals surface area contributed by atoms with E-state index in [4.69, 9.17) is 4.74 Å². The molecule has 1 fully saturated rings. The molecule has 1 aliphatic rings. The van der Waals surface area contributed by atoms with Gasteiger partial charge in [-0.3, -0.25) is 4.90 Å². The second kappa shape index (κ2) is 8.37. The Morgan fingerprint density at radius 3 is 2.48 bits per heavy atom. The number of benzene rings is 1. The van der Waals surface area contributed by atoms with Crippen LogP contribution in [0.15, 0.2) is 24.3 Å². The maximum Gasteiger partial charge on any atom is 0.115 e. The van der Waals surface area contributed by atoms with Gasteiger partial charge in [0.2, 0.25) is 0 Å². The number of hydrogen-bond acceptors (Lipinski definition) is 4. The zero-order valence-corrected chi connectivity index (χ0v) is 13.2. The van der Waals surface area contributed by atoms with Gasteiger partial charge >= 0.3 is 0 Å². The fourth-order valence-electron chi connectivity index (χ4n) is 2.84. The van der Waals surface area contributed by atoms with Crippen LogP contribution in [0.25, 0.3) is 0 Å². The number of hydrogen-bond donors (Lipinski definition) is 2. The second-order valence-corrected chi connectivity index (χ2v) is 6.09. The SMILES string of the molecule is CC(CCc1ccc(O)cc1)NC(C)CN1CCOCC1. The first kappa shape index (κ1) is 16.3. The predicted molar refractivity (Wildman–Crippen MR) is 85.7 cm³/mol. The molecule has 0 saturated carbocycles. The van der Waals surface area contributed by atoms with Crippen LogP contribution in [0, 0.1) is 0 Å². The van der Waals surface area contributed by atoms with E-state index in [1.165, 1.54) is 5.56 Å². The molecule has 2 N–H and O–H groups in total. The van der Waals surface area contributed by atoms with E-state index in [2.05, 4.69) is 24.1 Å². The summed E-state index contributed by atoms with van der Waals surface area (Å²) in [4.78, 5) is 2.47. The number of morpholine rings is 1. The van der Waals surface area contributed by atoms with E-state index < -0.39 is 0 Å². The highest BCUT2D eigenvalue weighted by Crippen LogP contribution is 2.12. The average molecular weight is 292 g/mol. The first-order valence-electron chi connectivity index (χ1n) is 7.97. The summed E-state index contributed by atoms with van der Waals surface area (Å²) in [5.74, 6) is 0.337. The minimum Gasteiger partial charge on any atom is -0.508 e. The number of aryl methyl sites for hydroxylation is 1. The van der Waals surface area contributed by atoms with E-state index in [1.54, 1.807) is 12.1 Å². The van der Waals surface area contributed by atoms with Crippen molar-refractivity contribution in [1.82, 2.24) is 10.2 Å². The Morgan fingerprint density at radius 2 is 1.81 bits per heavy atom. The summed E-state index contributed by atoms with van der Waals surface area (Å²) < 4.78 is 5.38. The smallest absolute Gasteiger partial charge is 0.115 e. The summed E-state index contributed by atoms with van der Waals surface area (Å²) in [6.07, 6.45) is 2.15. The molecule has 0 aromatic heterocycles. The normalized spacial score (nSPS) is 19.3. The summed E-state index contributed by atoms with van der Waals surface area (Å²) >= 11 is 0. The maximum atomic E-state index is 9.28. The Kier molecular flexibility index (Phi) is 6.49. The van der Waals surface area contributed by atoms with Crippen molar-refractivity contribution in [3.63, 3.8) is 0 Å². The van der Waals surface area contributed by atoms with Crippen molar-refractivity contribution in [2.75, 3.05) is 32.8 Å². The van der Waals surface area contributed by atoms with Crippen LogP contribution in [-0.2, 0) is 11.2 Å². The zero-order chi connectivity index (χ0) is 15.1. The van der Waals surface area contributed by atoms with Crippen molar-refractivity contribution >= 4 is 0 Å². The number of phenols is 1. The Hall–Kier alpha value is -1.10. The van der Waals surface area contributed by atoms with Crippen molar-refractivity contribution in [2.24, 2.45) is 0 Å². The van der Waals surface area contributed by atoms with Gasteiger partial charge in [0.15, 0.2) is 0 Å². The number of ether oxygens (including phenoxy) is 1. The molecular weight excluding hydrogens is 264 g/mol. The van der Waals surface area contributed by atoms with Crippen molar-refractivity contribution < 1.29 is 9.84 Å². The van der Waals surface area contributed by atoms with E-state index in [1.807, 2.05) is 12.1 Å². The van der Waals surface area contributed by atoms with Gasteiger partial charge in [-0.15, -0.1) is 0 Å². The molecule has 2 rings (SSSR count). The molecule has 1 aromatic rings. The van der Waals surface area contributed by atoms with Crippen molar-refractivity contribution in [1.29, 1.82) is 0 Å².